The van der Waals surface area contributed by atoms with Crippen molar-refractivity contribution in [3.63, 3.8) is 0 Å². The predicted octanol–water partition coefficient (Wildman–Crippen LogP) is 15.1. The topological polar surface area (TPSA) is 46.9 Å². The molecule has 10 aromatic carbocycles. The number of hydrogen-bond donors (Lipinski definition) is 1. The maximum atomic E-state index is 6.59. The van der Waals surface area contributed by atoms with Crippen LogP contribution in [0.3, 0.4) is 0 Å². The average Bonchev–Trinajstić information content (AvgIpc) is 3.74. The summed E-state index contributed by atoms with van der Waals surface area (Å²) in [5.74, 6) is 2.73. The number of anilines is 5. The van der Waals surface area contributed by atoms with Crippen LogP contribution in [0, 0.1) is 6.92 Å². The van der Waals surface area contributed by atoms with Crippen molar-refractivity contribution >= 4 is 79.4 Å². The van der Waals surface area contributed by atoms with Gasteiger partial charge in [-0.1, -0.05) is 139 Å². The first-order valence-corrected chi connectivity index (χ1v) is 22.0. The van der Waals surface area contributed by atoms with Crippen LogP contribution in [-0.4, -0.2) is 7.28 Å². The molecule has 5 nitrogen and oxygen atoms in total. The second kappa shape index (κ2) is 14.8. The number of para-hydroxylation sites is 4. The molecule has 65 heavy (non-hydrogen) atoms. The molecule has 0 bridgehead atoms. The summed E-state index contributed by atoms with van der Waals surface area (Å²) in [4.78, 5) is 2.41. The van der Waals surface area contributed by atoms with Crippen LogP contribution in [0.4, 0.5) is 28.4 Å². The molecule has 0 spiro atoms. The number of rotatable bonds is 6. The third-order valence-electron chi connectivity index (χ3n) is 12.8. The summed E-state index contributed by atoms with van der Waals surface area (Å²) in [6.07, 6.45) is 0. The van der Waals surface area contributed by atoms with Gasteiger partial charge < -0.3 is 24.1 Å². The first-order valence-electron chi connectivity index (χ1n) is 22.0. The summed E-state index contributed by atoms with van der Waals surface area (Å²) < 4.78 is 19.7. The molecule has 1 aromatic heterocycles. The molecule has 11 aromatic rings. The zero-order valence-corrected chi connectivity index (χ0v) is 35.4. The Kier molecular flexibility index (Phi) is 8.46. The Morgan fingerprint density at radius 3 is 1.86 bits per heavy atom. The fraction of sp³-hybridized carbons (Fsp3) is 0.0169. The predicted molar refractivity (Wildman–Crippen MR) is 268 cm³/mol. The number of furan rings is 1. The number of nitrogens with zero attached hydrogens (tertiary/aromatic N) is 1. The lowest BCUT2D eigenvalue weighted by Gasteiger charge is -2.37. The van der Waals surface area contributed by atoms with Gasteiger partial charge in [-0.15, -0.1) is 0 Å². The highest BCUT2D eigenvalue weighted by molar-refractivity contribution is 6.73. The van der Waals surface area contributed by atoms with Gasteiger partial charge in [0.25, 0.3) is 0 Å². The first kappa shape index (κ1) is 37.1. The molecule has 0 fully saturated rings. The van der Waals surface area contributed by atoms with Crippen molar-refractivity contribution in [2.24, 2.45) is 0 Å². The van der Waals surface area contributed by atoms with E-state index in [1.165, 1.54) is 11.1 Å². The van der Waals surface area contributed by atoms with Gasteiger partial charge in [-0.25, -0.2) is 0 Å². The van der Waals surface area contributed by atoms with Crippen LogP contribution in [0.5, 0.6) is 23.0 Å². The number of aryl methyl sites for hydroxylation is 1. The number of benzene rings is 10. The molecule has 0 saturated carbocycles. The van der Waals surface area contributed by atoms with E-state index in [9.17, 15) is 0 Å². The van der Waals surface area contributed by atoms with Gasteiger partial charge in [0.05, 0.1) is 5.69 Å². The SMILES string of the molecule is Cc1cc(-c2ccccc2)ccc1N1c2cc3c(cc2[B]c2c(-c4cc5ccccc5cc4Nc4cccc5c4oc4ccccc45)cc(-c4ccccc4)cc21)Oc1ccccc1O3. The molecule has 3 heterocycles. The maximum Gasteiger partial charge on any atom is 0.198 e. The van der Waals surface area contributed by atoms with Crippen LogP contribution in [-0.2, 0) is 0 Å². The van der Waals surface area contributed by atoms with Gasteiger partial charge in [-0.05, 0) is 123 Å². The van der Waals surface area contributed by atoms with Crippen molar-refractivity contribution in [1.29, 1.82) is 0 Å². The lowest BCUT2D eigenvalue weighted by atomic mass is 9.57. The Morgan fingerprint density at radius 2 is 1.09 bits per heavy atom. The zero-order valence-electron chi connectivity index (χ0n) is 35.4. The smallest absolute Gasteiger partial charge is 0.198 e. The molecule has 0 amide bonds. The molecule has 305 valence electrons. The molecular weight excluding hydrogens is 795 g/mol. The molecule has 1 N–H and O–H groups in total. The Bertz CT molecular complexity index is 3690. The quantitative estimate of drug-likeness (QED) is 0.169. The molecule has 0 aliphatic carbocycles. The van der Waals surface area contributed by atoms with Crippen molar-refractivity contribution in [2.75, 3.05) is 10.2 Å². The van der Waals surface area contributed by atoms with Crippen molar-refractivity contribution in [3.8, 4) is 56.4 Å². The van der Waals surface area contributed by atoms with Crippen LogP contribution in [0.1, 0.15) is 5.56 Å². The number of fused-ring (bicyclic) bond motifs is 8. The standard InChI is InChI=1S/C59H38BN2O3/c1-36-29-41(37-15-4-2-5-16-37)27-28-50(36)62-51-35-57-56(63-54-25-12-13-26-55(54)64-57)34-47(51)60-58-46(31-42(33-52(58)62)38-17-6-3-7-18-38)45-30-39-19-8-9-20-40(39)32-49(45)61-48-23-14-22-44-43-21-10-11-24-53(43)65-59(44)48/h2-35,61H,1H3. The number of ether oxygens (including phenoxy) is 2. The second-order valence-corrected chi connectivity index (χ2v) is 16.8. The molecular formula is C59H38BN2O3. The van der Waals surface area contributed by atoms with E-state index in [4.69, 9.17) is 13.9 Å². The minimum Gasteiger partial charge on any atom is -0.454 e. The third kappa shape index (κ3) is 6.25. The molecule has 1 radical (unpaired) electrons. The normalized spacial score (nSPS) is 12.4. The summed E-state index contributed by atoms with van der Waals surface area (Å²) in [7, 11) is 2.32. The van der Waals surface area contributed by atoms with Crippen molar-refractivity contribution in [1.82, 2.24) is 0 Å². The van der Waals surface area contributed by atoms with E-state index >= 15 is 0 Å². The third-order valence-corrected chi connectivity index (χ3v) is 12.8. The van der Waals surface area contributed by atoms with E-state index in [0.29, 0.717) is 23.0 Å². The van der Waals surface area contributed by atoms with Gasteiger partial charge in [0, 0.05) is 45.2 Å². The molecule has 2 aliphatic heterocycles. The van der Waals surface area contributed by atoms with Gasteiger partial charge in [-0.3, -0.25) is 0 Å². The Labute approximate surface area is 377 Å². The van der Waals surface area contributed by atoms with Gasteiger partial charge in [0.1, 0.15) is 5.58 Å². The monoisotopic (exact) mass is 833 g/mol. The summed E-state index contributed by atoms with van der Waals surface area (Å²) in [6.45, 7) is 2.21. The summed E-state index contributed by atoms with van der Waals surface area (Å²) in [6, 6.07) is 72.6. The minimum absolute atomic E-state index is 0.670. The highest BCUT2D eigenvalue weighted by atomic mass is 16.6. The van der Waals surface area contributed by atoms with E-state index in [0.717, 1.165) is 99.9 Å². The van der Waals surface area contributed by atoms with Gasteiger partial charge in [-0.2, -0.15) is 0 Å². The van der Waals surface area contributed by atoms with Crippen molar-refractivity contribution < 1.29 is 13.9 Å². The number of nitrogens with one attached hydrogen (secondary N) is 1. The molecule has 13 rings (SSSR count). The maximum absolute atomic E-state index is 6.59. The second-order valence-electron chi connectivity index (χ2n) is 16.8. The molecule has 6 heteroatoms. The lowest BCUT2D eigenvalue weighted by molar-refractivity contribution is 0.360. The fourth-order valence-corrected chi connectivity index (χ4v) is 9.70. The first-order chi connectivity index (χ1) is 32.1. The summed E-state index contributed by atoms with van der Waals surface area (Å²) >= 11 is 0. The number of hydrogen-bond acceptors (Lipinski definition) is 5. The van der Waals surface area contributed by atoms with Crippen molar-refractivity contribution in [2.45, 2.75) is 6.92 Å². The van der Waals surface area contributed by atoms with E-state index in [2.05, 4.69) is 194 Å². The Hall–Kier alpha value is -8.48. The van der Waals surface area contributed by atoms with Crippen LogP contribution in [0.25, 0.3) is 66.1 Å². The zero-order chi connectivity index (χ0) is 43.0. The lowest BCUT2D eigenvalue weighted by Crippen LogP contribution is -2.41. The molecule has 0 atom stereocenters. The van der Waals surface area contributed by atoms with Gasteiger partial charge in [0.15, 0.2) is 35.9 Å². The fourth-order valence-electron chi connectivity index (χ4n) is 9.70. The summed E-state index contributed by atoms with van der Waals surface area (Å²) in [5, 5.41) is 8.37. The van der Waals surface area contributed by atoms with Gasteiger partial charge in [0.2, 0.25) is 0 Å². The molecule has 2 aliphatic rings. The van der Waals surface area contributed by atoms with Crippen LogP contribution >= 0.6 is 0 Å². The molecule has 0 saturated heterocycles. The highest BCUT2D eigenvalue weighted by Gasteiger charge is 2.33. The van der Waals surface area contributed by atoms with Gasteiger partial charge >= 0.3 is 0 Å². The largest absolute Gasteiger partial charge is 0.454 e. The summed E-state index contributed by atoms with van der Waals surface area (Å²) in [5.41, 5.74) is 16.6. The highest BCUT2D eigenvalue weighted by Crippen LogP contribution is 2.50. The van der Waals surface area contributed by atoms with Crippen LogP contribution in [0.2, 0.25) is 0 Å². The van der Waals surface area contributed by atoms with Crippen LogP contribution in [0.15, 0.2) is 211 Å². The van der Waals surface area contributed by atoms with Crippen LogP contribution < -0.4 is 30.6 Å². The Balaban J connectivity index is 1.07. The average molecular weight is 834 g/mol. The van der Waals surface area contributed by atoms with E-state index in [1.54, 1.807) is 0 Å². The van der Waals surface area contributed by atoms with Crippen molar-refractivity contribution in [3.05, 3.63) is 212 Å². The van der Waals surface area contributed by atoms with E-state index < -0.39 is 0 Å². The van der Waals surface area contributed by atoms with E-state index in [1.807, 2.05) is 36.4 Å². The minimum atomic E-state index is 0.670. The Morgan fingerprint density at radius 1 is 0.431 bits per heavy atom. The van der Waals surface area contributed by atoms with E-state index in [-0.39, 0.29) is 0 Å². The molecule has 0 unspecified atom stereocenters.